The number of rotatable bonds is 4. The Morgan fingerprint density at radius 2 is 1.90 bits per heavy atom. The lowest BCUT2D eigenvalue weighted by molar-refractivity contribution is 0.0773. The summed E-state index contributed by atoms with van der Waals surface area (Å²) in [7, 11) is 1.68. The highest BCUT2D eigenvalue weighted by Crippen LogP contribution is 2.20. The number of aromatic amines is 1. The second-order valence-corrected chi connectivity index (χ2v) is 6.01. The number of H-pyrrole nitrogens is 1. The van der Waals surface area contributed by atoms with Crippen LogP contribution in [0.15, 0.2) is 18.2 Å². The normalized spacial score (nSPS) is 11.0. The number of hydrogen-bond donors (Lipinski definition) is 1. The lowest BCUT2D eigenvalue weighted by Crippen LogP contribution is -2.27. The van der Waals surface area contributed by atoms with Crippen LogP contribution in [0.25, 0.3) is 0 Å². The van der Waals surface area contributed by atoms with E-state index in [4.69, 9.17) is 23.2 Å². The summed E-state index contributed by atoms with van der Waals surface area (Å²) in [5.41, 5.74) is 0.850. The fraction of sp³-hybridized carbons (Fsp3) is 0.357. The molecule has 1 heterocycles. The van der Waals surface area contributed by atoms with E-state index in [9.17, 15) is 4.79 Å². The number of carbonyl (C=O) groups excluding carboxylic acids is 1. The van der Waals surface area contributed by atoms with Crippen molar-refractivity contribution in [1.29, 1.82) is 0 Å². The lowest BCUT2D eigenvalue weighted by atomic mass is 10.2. The van der Waals surface area contributed by atoms with Gasteiger partial charge in [-0.2, -0.15) is 0 Å². The third kappa shape index (κ3) is 3.95. The molecular weight excluding hydrogens is 311 g/mol. The number of nitrogens with zero attached hydrogens (tertiary/aromatic N) is 3. The molecular formula is C14H16Cl2N4O. The fourth-order valence-corrected chi connectivity index (χ4v) is 2.42. The molecule has 0 aliphatic carbocycles. The van der Waals surface area contributed by atoms with Crippen LogP contribution in [0.2, 0.25) is 10.0 Å². The predicted octanol–water partition coefficient (Wildman–Crippen LogP) is 3.51. The van der Waals surface area contributed by atoms with Crippen molar-refractivity contribution in [2.75, 3.05) is 7.05 Å². The van der Waals surface area contributed by atoms with Gasteiger partial charge in [0.25, 0.3) is 5.91 Å². The molecule has 0 saturated heterocycles. The molecule has 2 rings (SSSR count). The molecule has 1 aromatic carbocycles. The summed E-state index contributed by atoms with van der Waals surface area (Å²) in [6.07, 6.45) is 0. The Labute approximate surface area is 133 Å². The maximum absolute atomic E-state index is 12.3. The molecule has 0 radical (unpaired) electrons. The number of halogens is 2. The van der Waals surface area contributed by atoms with Gasteiger partial charge in [-0.1, -0.05) is 37.0 Å². The standard InChI is InChI=1S/C14H16Cl2N4O/c1-8(2)12-17-13(19-18-12)14(21)20(3)7-9-4-10(15)6-11(16)5-9/h4-6,8H,7H2,1-3H3,(H,17,18,19). The van der Waals surface area contributed by atoms with Crippen molar-refractivity contribution < 1.29 is 4.79 Å². The molecule has 1 amide bonds. The molecule has 21 heavy (non-hydrogen) atoms. The van der Waals surface area contributed by atoms with Crippen molar-refractivity contribution in [2.24, 2.45) is 0 Å². The molecule has 0 spiro atoms. The van der Waals surface area contributed by atoms with Gasteiger partial charge in [0.15, 0.2) is 0 Å². The zero-order valence-corrected chi connectivity index (χ0v) is 13.5. The van der Waals surface area contributed by atoms with Gasteiger partial charge in [-0.15, -0.1) is 5.10 Å². The van der Waals surface area contributed by atoms with Crippen LogP contribution in [0.1, 0.15) is 41.8 Å². The molecule has 0 aliphatic heterocycles. The van der Waals surface area contributed by atoms with E-state index in [1.807, 2.05) is 13.8 Å². The first-order valence-corrected chi connectivity index (χ1v) is 7.25. The van der Waals surface area contributed by atoms with E-state index < -0.39 is 0 Å². The molecule has 0 atom stereocenters. The monoisotopic (exact) mass is 326 g/mol. The summed E-state index contributed by atoms with van der Waals surface area (Å²) in [4.78, 5) is 18.0. The van der Waals surface area contributed by atoms with Crippen molar-refractivity contribution >= 4 is 29.1 Å². The maximum atomic E-state index is 12.3. The highest BCUT2D eigenvalue weighted by atomic mass is 35.5. The number of hydrogen-bond acceptors (Lipinski definition) is 3. The van der Waals surface area contributed by atoms with Crippen LogP contribution in [-0.2, 0) is 6.54 Å². The summed E-state index contributed by atoms with van der Waals surface area (Å²) < 4.78 is 0. The first-order chi connectivity index (χ1) is 9.86. The van der Waals surface area contributed by atoms with E-state index in [0.29, 0.717) is 22.4 Å². The van der Waals surface area contributed by atoms with E-state index in [2.05, 4.69) is 15.2 Å². The van der Waals surface area contributed by atoms with Gasteiger partial charge in [0.2, 0.25) is 5.82 Å². The third-order valence-corrected chi connectivity index (χ3v) is 3.37. The van der Waals surface area contributed by atoms with Crippen LogP contribution in [-0.4, -0.2) is 33.0 Å². The molecule has 112 valence electrons. The highest BCUT2D eigenvalue weighted by molar-refractivity contribution is 6.34. The van der Waals surface area contributed by atoms with Crippen molar-refractivity contribution in [3.05, 3.63) is 45.5 Å². The first-order valence-electron chi connectivity index (χ1n) is 6.49. The fourth-order valence-electron chi connectivity index (χ4n) is 1.85. The van der Waals surface area contributed by atoms with Gasteiger partial charge >= 0.3 is 0 Å². The average molecular weight is 327 g/mol. The average Bonchev–Trinajstić information content (AvgIpc) is 2.86. The van der Waals surface area contributed by atoms with Crippen LogP contribution in [0, 0.1) is 0 Å². The second-order valence-electron chi connectivity index (χ2n) is 5.14. The Morgan fingerprint density at radius 1 is 1.29 bits per heavy atom. The zero-order chi connectivity index (χ0) is 15.6. The minimum absolute atomic E-state index is 0.161. The second kappa shape index (κ2) is 6.45. The zero-order valence-electron chi connectivity index (χ0n) is 12.0. The third-order valence-electron chi connectivity index (χ3n) is 2.93. The number of carbonyl (C=O) groups is 1. The molecule has 5 nitrogen and oxygen atoms in total. The largest absolute Gasteiger partial charge is 0.335 e. The van der Waals surface area contributed by atoms with Gasteiger partial charge in [-0.3, -0.25) is 9.89 Å². The highest BCUT2D eigenvalue weighted by Gasteiger charge is 2.18. The van der Waals surface area contributed by atoms with E-state index >= 15 is 0 Å². The maximum Gasteiger partial charge on any atom is 0.293 e. The Balaban J connectivity index is 2.11. The number of amides is 1. The summed E-state index contributed by atoms with van der Waals surface area (Å²) in [5.74, 6) is 0.789. The van der Waals surface area contributed by atoms with Crippen LogP contribution in [0.4, 0.5) is 0 Å². The predicted molar refractivity (Wildman–Crippen MR) is 82.7 cm³/mol. The van der Waals surface area contributed by atoms with E-state index in [1.54, 1.807) is 25.2 Å². The van der Waals surface area contributed by atoms with E-state index in [0.717, 1.165) is 5.56 Å². The van der Waals surface area contributed by atoms with Gasteiger partial charge in [-0.25, -0.2) is 4.98 Å². The van der Waals surface area contributed by atoms with Crippen LogP contribution in [0.5, 0.6) is 0 Å². The number of nitrogens with one attached hydrogen (secondary N) is 1. The Morgan fingerprint density at radius 3 is 2.43 bits per heavy atom. The van der Waals surface area contributed by atoms with Crippen molar-refractivity contribution in [3.63, 3.8) is 0 Å². The summed E-state index contributed by atoms with van der Waals surface area (Å²) in [5, 5.41) is 7.81. The van der Waals surface area contributed by atoms with Crippen molar-refractivity contribution in [1.82, 2.24) is 20.1 Å². The molecule has 0 aliphatic rings. The Kier molecular flexibility index (Phi) is 4.85. The molecule has 0 fully saturated rings. The summed E-state index contributed by atoms with van der Waals surface area (Å²) in [6.45, 7) is 4.34. The van der Waals surface area contributed by atoms with Crippen molar-refractivity contribution in [2.45, 2.75) is 26.3 Å². The Bertz CT molecular complexity index is 634. The molecule has 2 aromatic rings. The molecule has 0 unspecified atom stereocenters. The lowest BCUT2D eigenvalue weighted by Gasteiger charge is -2.15. The number of benzene rings is 1. The minimum atomic E-state index is -0.255. The van der Waals surface area contributed by atoms with Crippen LogP contribution < -0.4 is 0 Å². The molecule has 0 bridgehead atoms. The van der Waals surface area contributed by atoms with Crippen molar-refractivity contribution in [3.8, 4) is 0 Å². The minimum Gasteiger partial charge on any atom is -0.335 e. The smallest absolute Gasteiger partial charge is 0.293 e. The van der Waals surface area contributed by atoms with Crippen LogP contribution >= 0.6 is 23.2 Å². The molecule has 0 saturated carbocycles. The molecule has 1 N–H and O–H groups in total. The first kappa shape index (κ1) is 15.8. The topological polar surface area (TPSA) is 61.9 Å². The van der Waals surface area contributed by atoms with E-state index in [1.165, 1.54) is 4.90 Å². The van der Waals surface area contributed by atoms with Gasteiger partial charge in [0, 0.05) is 29.6 Å². The number of aromatic nitrogens is 3. The summed E-state index contributed by atoms with van der Waals surface area (Å²) in [6, 6.07) is 5.20. The van der Waals surface area contributed by atoms with Gasteiger partial charge < -0.3 is 4.90 Å². The molecule has 1 aromatic heterocycles. The SMILES string of the molecule is CC(C)c1nc(C(=O)N(C)Cc2cc(Cl)cc(Cl)c2)n[nH]1. The Hall–Kier alpha value is -1.59. The van der Waals surface area contributed by atoms with Gasteiger partial charge in [0.1, 0.15) is 5.82 Å². The summed E-state index contributed by atoms with van der Waals surface area (Å²) >= 11 is 11.9. The van der Waals surface area contributed by atoms with E-state index in [-0.39, 0.29) is 17.6 Å². The van der Waals surface area contributed by atoms with Crippen LogP contribution in [0.3, 0.4) is 0 Å². The van der Waals surface area contributed by atoms with Gasteiger partial charge in [0.05, 0.1) is 0 Å². The van der Waals surface area contributed by atoms with Gasteiger partial charge in [-0.05, 0) is 23.8 Å². The molecule has 7 heteroatoms. The quantitative estimate of drug-likeness (QED) is 0.935.